The number of hydrogen-bond acceptors (Lipinski definition) is 2. The Kier molecular flexibility index (Phi) is 3.75. The van der Waals surface area contributed by atoms with Gasteiger partial charge in [-0.25, -0.2) is 0 Å². The average Bonchev–Trinajstić information content (AvgIpc) is 1.85. The van der Waals surface area contributed by atoms with Gasteiger partial charge in [-0.3, -0.25) is 15.1 Å². The summed E-state index contributed by atoms with van der Waals surface area (Å²) in [6.07, 6.45) is 0. The molecule has 6 nitrogen and oxygen atoms in total. The molecule has 68 valence electrons. The highest BCUT2D eigenvalue weighted by molar-refractivity contribution is 6.00. The molecule has 0 atom stereocenters. The van der Waals surface area contributed by atoms with Crippen LogP contribution < -0.4 is 11.5 Å². The lowest BCUT2D eigenvalue weighted by atomic mass is 10.5. The fourth-order valence-electron chi connectivity index (χ4n) is 0.704. The molecule has 6 heteroatoms. The largest absolute Gasteiger partial charge is 0.370 e. The molecule has 0 fully saturated rings. The third-order valence-electron chi connectivity index (χ3n) is 1.19. The van der Waals surface area contributed by atoms with Crippen molar-refractivity contribution in [2.75, 3.05) is 6.54 Å². The van der Waals surface area contributed by atoms with Crippen molar-refractivity contribution in [3.63, 3.8) is 0 Å². The van der Waals surface area contributed by atoms with Crippen molar-refractivity contribution in [1.29, 1.82) is 5.41 Å². The number of carbonyl (C=O) groups is 1. The first kappa shape index (κ1) is 10.4. The van der Waals surface area contributed by atoms with E-state index in [1.807, 2.05) is 0 Å². The molecule has 0 aliphatic carbocycles. The van der Waals surface area contributed by atoms with Crippen LogP contribution in [0.2, 0.25) is 0 Å². The molecule has 1 amide bonds. The highest BCUT2D eigenvalue weighted by Gasteiger charge is 2.10. The topological polar surface area (TPSA) is 109 Å². The molecule has 0 radical (unpaired) electrons. The molecule has 0 aromatic heterocycles. The van der Waals surface area contributed by atoms with Crippen molar-refractivity contribution in [3.8, 4) is 0 Å². The van der Waals surface area contributed by atoms with Gasteiger partial charge in [-0.15, -0.1) is 0 Å². The molecular weight excluding hydrogens is 158 g/mol. The normalized spacial score (nSPS) is 8.83. The Hall–Kier alpha value is -1.59. The number of carbonyl (C=O) groups excluding carboxylic acids is 1. The van der Waals surface area contributed by atoms with E-state index < -0.39 is 0 Å². The Bertz CT molecular complexity index is 218. The molecule has 0 saturated carbocycles. The third kappa shape index (κ3) is 3.00. The van der Waals surface area contributed by atoms with Gasteiger partial charge in [0.2, 0.25) is 11.9 Å². The first-order valence-electron chi connectivity index (χ1n) is 3.45. The highest BCUT2D eigenvalue weighted by Crippen LogP contribution is 1.91. The van der Waals surface area contributed by atoms with E-state index in [2.05, 4.69) is 4.99 Å². The van der Waals surface area contributed by atoms with Crippen LogP contribution in [0.5, 0.6) is 0 Å². The van der Waals surface area contributed by atoms with Crippen LogP contribution in [0.4, 0.5) is 0 Å². The van der Waals surface area contributed by atoms with E-state index in [1.165, 1.54) is 6.92 Å². The van der Waals surface area contributed by atoms with Gasteiger partial charge in [0, 0.05) is 13.5 Å². The van der Waals surface area contributed by atoms with Gasteiger partial charge in [-0.1, -0.05) is 0 Å². The van der Waals surface area contributed by atoms with E-state index in [1.54, 1.807) is 6.92 Å². The van der Waals surface area contributed by atoms with E-state index in [0.29, 0.717) is 6.54 Å². The van der Waals surface area contributed by atoms with Crippen molar-refractivity contribution in [2.24, 2.45) is 16.5 Å². The van der Waals surface area contributed by atoms with Crippen LogP contribution >= 0.6 is 0 Å². The predicted octanol–water partition coefficient (Wildman–Crippen LogP) is -0.937. The SMILES string of the molecule is CCN(C(=N)N=C(N)N)C(C)=O. The van der Waals surface area contributed by atoms with Crippen LogP contribution in [-0.2, 0) is 4.79 Å². The lowest BCUT2D eigenvalue weighted by Crippen LogP contribution is -2.36. The molecule has 0 unspecified atom stereocenters. The number of guanidine groups is 2. The second kappa shape index (κ2) is 4.32. The van der Waals surface area contributed by atoms with Gasteiger partial charge in [0.25, 0.3) is 0 Å². The standard InChI is InChI=1S/C6H13N5O/c1-3-11(4(2)12)6(9)10-5(7)8/h3H2,1-2H3,(H5,7,8,9,10). The summed E-state index contributed by atoms with van der Waals surface area (Å²) in [6, 6.07) is 0. The molecule has 0 bridgehead atoms. The maximum Gasteiger partial charge on any atom is 0.227 e. The number of nitrogens with one attached hydrogen (secondary N) is 1. The summed E-state index contributed by atoms with van der Waals surface area (Å²) in [6.45, 7) is 3.46. The monoisotopic (exact) mass is 171 g/mol. The van der Waals surface area contributed by atoms with E-state index in [-0.39, 0.29) is 17.8 Å². The smallest absolute Gasteiger partial charge is 0.227 e. The molecule has 0 aromatic carbocycles. The quantitative estimate of drug-likeness (QED) is 0.350. The van der Waals surface area contributed by atoms with Gasteiger partial charge in [0.1, 0.15) is 0 Å². The first-order chi connectivity index (χ1) is 5.49. The van der Waals surface area contributed by atoms with Gasteiger partial charge in [-0.2, -0.15) is 4.99 Å². The molecule has 0 rings (SSSR count). The van der Waals surface area contributed by atoms with Crippen LogP contribution in [0, 0.1) is 5.41 Å². The van der Waals surface area contributed by atoms with Gasteiger partial charge >= 0.3 is 0 Å². The van der Waals surface area contributed by atoms with E-state index in [9.17, 15) is 4.79 Å². The number of hydrogen-bond donors (Lipinski definition) is 3. The minimum absolute atomic E-state index is 0.222. The van der Waals surface area contributed by atoms with Crippen molar-refractivity contribution in [3.05, 3.63) is 0 Å². The van der Waals surface area contributed by atoms with Crippen LogP contribution in [0.1, 0.15) is 13.8 Å². The van der Waals surface area contributed by atoms with Crippen LogP contribution in [-0.4, -0.2) is 29.3 Å². The zero-order valence-electron chi connectivity index (χ0n) is 7.16. The lowest BCUT2D eigenvalue weighted by molar-refractivity contribution is -0.125. The number of aliphatic imine (C=N–C) groups is 1. The maximum atomic E-state index is 10.8. The second-order valence-corrected chi connectivity index (χ2v) is 2.12. The van der Waals surface area contributed by atoms with Crippen molar-refractivity contribution in [2.45, 2.75) is 13.8 Å². The molecule has 0 spiro atoms. The number of nitrogens with two attached hydrogens (primary N) is 2. The zero-order valence-corrected chi connectivity index (χ0v) is 7.16. The van der Waals surface area contributed by atoms with Crippen molar-refractivity contribution < 1.29 is 4.79 Å². The summed E-state index contributed by atoms with van der Waals surface area (Å²) >= 11 is 0. The maximum absolute atomic E-state index is 10.8. The lowest BCUT2D eigenvalue weighted by Gasteiger charge is -2.15. The average molecular weight is 171 g/mol. The van der Waals surface area contributed by atoms with Gasteiger partial charge in [0.15, 0.2) is 5.96 Å². The van der Waals surface area contributed by atoms with Gasteiger partial charge in [-0.05, 0) is 6.92 Å². The summed E-state index contributed by atoms with van der Waals surface area (Å²) < 4.78 is 0. The Labute approximate surface area is 70.7 Å². The number of amides is 1. The van der Waals surface area contributed by atoms with E-state index >= 15 is 0 Å². The Morgan fingerprint density at radius 3 is 2.33 bits per heavy atom. The Balaban J connectivity index is 4.44. The van der Waals surface area contributed by atoms with Crippen LogP contribution in [0.3, 0.4) is 0 Å². The highest BCUT2D eigenvalue weighted by atomic mass is 16.2. The fraction of sp³-hybridized carbons (Fsp3) is 0.500. The molecule has 0 heterocycles. The van der Waals surface area contributed by atoms with E-state index in [0.717, 1.165) is 4.90 Å². The first-order valence-corrected chi connectivity index (χ1v) is 3.45. The molecule has 0 aromatic rings. The third-order valence-corrected chi connectivity index (χ3v) is 1.19. The minimum atomic E-state index is -0.257. The summed E-state index contributed by atoms with van der Waals surface area (Å²) in [5.74, 6) is -0.711. The molecule has 0 saturated heterocycles. The fourth-order valence-corrected chi connectivity index (χ4v) is 0.704. The molecule has 0 aliphatic rings. The molecule has 5 N–H and O–H groups in total. The Morgan fingerprint density at radius 2 is 2.08 bits per heavy atom. The molecule has 0 aliphatic heterocycles. The van der Waals surface area contributed by atoms with Gasteiger partial charge in [0.05, 0.1) is 0 Å². The van der Waals surface area contributed by atoms with Gasteiger partial charge < -0.3 is 11.5 Å². The summed E-state index contributed by atoms with van der Waals surface area (Å²) in [5.41, 5.74) is 10.1. The van der Waals surface area contributed by atoms with E-state index in [4.69, 9.17) is 16.9 Å². The van der Waals surface area contributed by atoms with Crippen molar-refractivity contribution in [1.82, 2.24) is 4.90 Å². The minimum Gasteiger partial charge on any atom is -0.370 e. The summed E-state index contributed by atoms with van der Waals surface area (Å²) in [4.78, 5) is 15.4. The molecule has 12 heavy (non-hydrogen) atoms. The summed E-state index contributed by atoms with van der Waals surface area (Å²) in [7, 11) is 0. The number of nitrogens with zero attached hydrogens (tertiary/aromatic N) is 2. The zero-order chi connectivity index (χ0) is 9.72. The van der Waals surface area contributed by atoms with Crippen molar-refractivity contribution >= 4 is 17.8 Å². The summed E-state index contributed by atoms with van der Waals surface area (Å²) in [5, 5.41) is 7.26. The second-order valence-electron chi connectivity index (χ2n) is 2.12. The van der Waals surface area contributed by atoms with Crippen LogP contribution in [0.15, 0.2) is 4.99 Å². The predicted molar refractivity (Wildman–Crippen MR) is 46.6 cm³/mol. The molecular formula is C6H13N5O. The van der Waals surface area contributed by atoms with Crippen LogP contribution in [0.25, 0.3) is 0 Å². The Morgan fingerprint density at radius 1 is 1.58 bits per heavy atom. The number of rotatable bonds is 1.